The highest BCUT2D eigenvalue weighted by Gasteiger charge is 2.35. The summed E-state index contributed by atoms with van der Waals surface area (Å²) >= 11 is 0. The molecule has 1 aromatic carbocycles. The van der Waals surface area contributed by atoms with E-state index in [9.17, 15) is 24.5 Å². The molecule has 0 atom stereocenters. The minimum atomic E-state index is -0.783. The fourth-order valence-corrected chi connectivity index (χ4v) is 1.67. The Kier molecular flexibility index (Phi) is 3.30. The van der Waals surface area contributed by atoms with Crippen LogP contribution in [0.5, 0.6) is 0 Å². The second kappa shape index (κ2) is 4.92. The average molecular weight is 275 g/mol. The van der Waals surface area contributed by atoms with Crippen LogP contribution in [0.3, 0.4) is 0 Å². The smallest absolute Gasteiger partial charge is 0.273 e. The van der Waals surface area contributed by atoms with E-state index in [1.54, 1.807) is 0 Å². The van der Waals surface area contributed by atoms with Gasteiger partial charge in [-0.2, -0.15) is 5.01 Å². The van der Waals surface area contributed by atoms with E-state index < -0.39 is 22.6 Å². The first-order chi connectivity index (χ1) is 9.40. The summed E-state index contributed by atoms with van der Waals surface area (Å²) in [6.45, 7) is 1.13. The third-order valence-electron chi connectivity index (χ3n) is 2.60. The van der Waals surface area contributed by atoms with Crippen LogP contribution < -0.4 is 5.43 Å². The summed E-state index contributed by atoms with van der Waals surface area (Å²) < 4.78 is 0. The molecule has 0 spiro atoms. The standard InChI is InChI=1S/C12H9N3O5/c1-7(16)14-12(18)10(11(17)13-14)6-8-3-2-4-9(5-8)15(19)20/h2-6H,1H3,(H,13,17). The van der Waals surface area contributed by atoms with Gasteiger partial charge in [-0.1, -0.05) is 12.1 Å². The maximum absolute atomic E-state index is 11.8. The molecule has 20 heavy (non-hydrogen) atoms. The number of nitrogens with one attached hydrogen (secondary N) is 1. The third kappa shape index (κ3) is 2.39. The monoisotopic (exact) mass is 275 g/mol. The van der Waals surface area contributed by atoms with Crippen LogP contribution in [0.25, 0.3) is 6.08 Å². The van der Waals surface area contributed by atoms with Gasteiger partial charge in [0, 0.05) is 19.1 Å². The van der Waals surface area contributed by atoms with Gasteiger partial charge in [-0.25, -0.2) is 0 Å². The molecule has 2 rings (SSSR count). The molecule has 0 radical (unpaired) electrons. The van der Waals surface area contributed by atoms with Gasteiger partial charge in [-0.05, 0) is 11.6 Å². The number of nitrogens with zero attached hydrogens (tertiary/aromatic N) is 2. The van der Waals surface area contributed by atoms with Crippen molar-refractivity contribution in [3.8, 4) is 0 Å². The van der Waals surface area contributed by atoms with Crippen LogP contribution >= 0.6 is 0 Å². The Labute approximate surface area is 112 Å². The van der Waals surface area contributed by atoms with Crippen molar-refractivity contribution in [2.24, 2.45) is 0 Å². The van der Waals surface area contributed by atoms with Crippen molar-refractivity contribution in [1.29, 1.82) is 0 Å². The molecule has 8 nitrogen and oxygen atoms in total. The van der Waals surface area contributed by atoms with Crippen molar-refractivity contribution in [3.63, 3.8) is 0 Å². The number of amides is 3. The lowest BCUT2D eigenvalue weighted by atomic mass is 10.1. The zero-order chi connectivity index (χ0) is 14.9. The van der Waals surface area contributed by atoms with Gasteiger partial charge in [0.25, 0.3) is 17.5 Å². The first-order valence-corrected chi connectivity index (χ1v) is 5.52. The number of hydrogen-bond donors (Lipinski definition) is 1. The number of benzene rings is 1. The number of hydrazine groups is 1. The Morgan fingerprint density at radius 3 is 2.65 bits per heavy atom. The fourth-order valence-electron chi connectivity index (χ4n) is 1.67. The number of imide groups is 1. The van der Waals surface area contributed by atoms with Gasteiger partial charge in [0.05, 0.1) is 4.92 Å². The summed E-state index contributed by atoms with van der Waals surface area (Å²) in [6.07, 6.45) is 1.20. The number of hydrogen-bond acceptors (Lipinski definition) is 5. The highest BCUT2D eigenvalue weighted by molar-refractivity contribution is 6.28. The minimum Gasteiger partial charge on any atom is -0.273 e. The molecule has 1 fully saturated rings. The van der Waals surface area contributed by atoms with Crippen molar-refractivity contribution in [1.82, 2.24) is 10.4 Å². The molecule has 1 heterocycles. The highest BCUT2D eigenvalue weighted by atomic mass is 16.6. The summed E-state index contributed by atoms with van der Waals surface area (Å²) in [7, 11) is 0. The normalized spacial score (nSPS) is 16.4. The Bertz CT molecular complexity index is 665. The lowest BCUT2D eigenvalue weighted by Gasteiger charge is -2.07. The Morgan fingerprint density at radius 2 is 2.10 bits per heavy atom. The summed E-state index contributed by atoms with van der Waals surface area (Å²) in [5.41, 5.74) is 2.02. The topological polar surface area (TPSA) is 110 Å². The quantitative estimate of drug-likeness (QED) is 0.363. The van der Waals surface area contributed by atoms with Gasteiger partial charge < -0.3 is 0 Å². The second-order valence-corrected chi connectivity index (χ2v) is 4.01. The molecule has 1 aromatic rings. The van der Waals surface area contributed by atoms with E-state index >= 15 is 0 Å². The lowest BCUT2D eigenvalue weighted by molar-refractivity contribution is -0.384. The summed E-state index contributed by atoms with van der Waals surface area (Å²) in [6, 6.07) is 5.46. The molecule has 0 aromatic heterocycles. The van der Waals surface area contributed by atoms with Crippen LogP contribution in [-0.4, -0.2) is 27.7 Å². The number of nitro benzene ring substituents is 1. The van der Waals surface area contributed by atoms with E-state index in [0.29, 0.717) is 10.6 Å². The Balaban J connectivity index is 2.38. The molecule has 0 saturated carbocycles. The number of non-ortho nitro benzene ring substituents is 1. The zero-order valence-electron chi connectivity index (χ0n) is 10.3. The van der Waals surface area contributed by atoms with E-state index in [4.69, 9.17) is 0 Å². The summed E-state index contributed by atoms with van der Waals surface area (Å²) in [5, 5.41) is 11.2. The molecule has 0 unspecified atom stereocenters. The van der Waals surface area contributed by atoms with Crippen molar-refractivity contribution in [3.05, 3.63) is 45.5 Å². The van der Waals surface area contributed by atoms with Crippen molar-refractivity contribution in [2.75, 3.05) is 0 Å². The second-order valence-electron chi connectivity index (χ2n) is 4.01. The predicted octanol–water partition coefficient (Wildman–Crippen LogP) is 0.398. The van der Waals surface area contributed by atoms with Crippen molar-refractivity contribution < 1.29 is 19.3 Å². The number of nitro groups is 1. The molecular formula is C12H9N3O5. The maximum Gasteiger partial charge on any atom is 0.285 e. The molecular weight excluding hydrogens is 266 g/mol. The van der Waals surface area contributed by atoms with Crippen LogP contribution in [0.2, 0.25) is 0 Å². The lowest BCUT2D eigenvalue weighted by Crippen LogP contribution is -2.39. The van der Waals surface area contributed by atoms with E-state index in [0.717, 1.165) is 6.92 Å². The fraction of sp³-hybridized carbons (Fsp3) is 0.0833. The van der Waals surface area contributed by atoms with Crippen LogP contribution in [0.1, 0.15) is 12.5 Å². The van der Waals surface area contributed by atoms with E-state index in [2.05, 4.69) is 5.43 Å². The van der Waals surface area contributed by atoms with Gasteiger partial charge in [0.15, 0.2) is 0 Å². The number of carbonyl (C=O) groups excluding carboxylic acids is 3. The molecule has 0 bridgehead atoms. The van der Waals surface area contributed by atoms with Crippen molar-refractivity contribution in [2.45, 2.75) is 6.92 Å². The predicted molar refractivity (Wildman–Crippen MR) is 66.7 cm³/mol. The molecule has 3 amide bonds. The van der Waals surface area contributed by atoms with E-state index in [-0.39, 0.29) is 11.3 Å². The molecule has 0 aliphatic carbocycles. The van der Waals surface area contributed by atoms with Gasteiger partial charge >= 0.3 is 0 Å². The summed E-state index contributed by atoms with van der Waals surface area (Å²) in [5.74, 6) is -2.13. The first-order valence-electron chi connectivity index (χ1n) is 5.52. The maximum atomic E-state index is 11.8. The van der Waals surface area contributed by atoms with Crippen LogP contribution in [0.4, 0.5) is 5.69 Å². The third-order valence-corrected chi connectivity index (χ3v) is 2.60. The molecule has 102 valence electrons. The number of rotatable bonds is 2. The number of carbonyl (C=O) groups is 3. The molecule has 1 aliphatic rings. The van der Waals surface area contributed by atoms with Crippen LogP contribution in [-0.2, 0) is 14.4 Å². The van der Waals surface area contributed by atoms with Crippen LogP contribution in [0.15, 0.2) is 29.8 Å². The molecule has 1 saturated heterocycles. The van der Waals surface area contributed by atoms with Gasteiger partial charge in [-0.3, -0.25) is 29.9 Å². The molecule has 1 N–H and O–H groups in total. The Hall–Kier alpha value is -3.03. The summed E-state index contributed by atoms with van der Waals surface area (Å²) in [4.78, 5) is 44.6. The van der Waals surface area contributed by atoms with Gasteiger partial charge in [0.2, 0.25) is 5.91 Å². The van der Waals surface area contributed by atoms with Gasteiger partial charge in [-0.15, -0.1) is 0 Å². The highest BCUT2D eigenvalue weighted by Crippen LogP contribution is 2.18. The molecule has 1 aliphatic heterocycles. The first kappa shape index (κ1) is 13.4. The average Bonchev–Trinajstić information content (AvgIpc) is 2.67. The molecule has 8 heteroatoms. The van der Waals surface area contributed by atoms with E-state index in [1.165, 1.54) is 30.3 Å². The Morgan fingerprint density at radius 1 is 1.40 bits per heavy atom. The van der Waals surface area contributed by atoms with Crippen LogP contribution in [0, 0.1) is 10.1 Å². The largest absolute Gasteiger partial charge is 0.285 e. The van der Waals surface area contributed by atoms with E-state index in [1.807, 2.05) is 0 Å². The SMILES string of the molecule is CC(=O)N1NC(=O)C(=Cc2cccc([N+](=O)[O-])c2)C1=O. The minimum absolute atomic E-state index is 0.159. The zero-order valence-corrected chi connectivity index (χ0v) is 10.3. The van der Waals surface area contributed by atoms with Crippen molar-refractivity contribution >= 4 is 29.5 Å². The van der Waals surface area contributed by atoms with Gasteiger partial charge in [0.1, 0.15) is 5.57 Å².